The van der Waals surface area contributed by atoms with E-state index in [0.29, 0.717) is 6.04 Å². The summed E-state index contributed by atoms with van der Waals surface area (Å²) in [5, 5.41) is 3.46. The Balaban J connectivity index is 1.74. The molecule has 1 N–H and O–H groups in total. The molecule has 0 aliphatic carbocycles. The van der Waals surface area contributed by atoms with Crippen LogP contribution >= 0.6 is 22.6 Å². The van der Waals surface area contributed by atoms with Crippen molar-refractivity contribution in [3.63, 3.8) is 0 Å². The van der Waals surface area contributed by atoms with E-state index in [4.69, 9.17) is 14.5 Å². The number of halogens is 1. The first-order valence-corrected chi connectivity index (χ1v) is 7.74. The van der Waals surface area contributed by atoms with Gasteiger partial charge in [-0.25, -0.2) is 4.98 Å². The Morgan fingerprint density at radius 3 is 2.79 bits per heavy atom. The Morgan fingerprint density at radius 2 is 2.05 bits per heavy atom. The van der Waals surface area contributed by atoms with Gasteiger partial charge in [0.25, 0.3) is 0 Å². The summed E-state index contributed by atoms with van der Waals surface area (Å²) in [5.41, 5.74) is 0. The van der Waals surface area contributed by atoms with E-state index in [1.54, 1.807) is 0 Å². The van der Waals surface area contributed by atoms with Crippen molar-refractivity contribution in [2.24, 2.45) is 0 Å². The minimum Gasteiger partial charge on any atom is -0.379 e. The van der Waals surface area contributed by atoms with Gasteiger partial charge in [-0.2, -0.15) is 0 Å². The summed E-state index contributed by atoms with van der Waals surface area (Å²) in [6.07, 6.45) is 1.06. The van der Waals surface area contributed by atoms with Gasteiger partial charge < -0.3 is 19.7 Å². The lowest BCUT2D eigenvalue weighted by molar-refractivity contribution is 0.122. The van der Waals surface area contributed by atoms with Crippen molar-refractivity contribution in [2.75, 3.05) is 49.7 Å². The first-order chi connectivity index (χ1) is 9.31. The normalized spacial score (nSPS) is 23.6. The molecule has 1 aromatic heterocycles. The van der Waals surface area contributed by atoms with E-state index in [-0.39, 0.29) is 0 Å². The van der Waals surface area contributed by atoms with Gasteiger partial charge in [-0.05, 0) is 41.1 Å². The Hall–Kier alpha value is -0.600. The summed E-state index contributed by atoms with van der Waals surface area (Å²) in [5.74, 6) is 1.99. The van der Waals surface area contributed by atoms with Gasteiger partial charge in [0.1, 0.15) is 11.6 Å². The molecule has 5 nitrogen and oxygen atoms in total. The minimum absolute atomic E-state index is 0.392. The standard InChI is InChI=1S/C13H18IN3O2/c14-10-7-12(15-11-1-4-19-9-11)16-13(8-10)17-2-5-18-6-3-17/h7-8,11H,1-6,9H2,(H,15,16)/t11-/m1/s1. The van der Waals surface area contributed by atoms with Crippen LogP contribution in [0.4, 0.5) is 11.6 Å². The van der Waals surface area contributed by atoms with Gasteiger partial charge in [-0.1, -0.05) is 0 Å². The zero-order valence-electron chi connectivity index (χ0n) is 10.8. The summed E-state index contributed by atoms with van der Waals surface area (Å²) in [6, 6.07) is 4.61. The van der Waals surface area contributed by atoms with Gasteiger partial charge in [0.15, 0.2) is 0 Å². The predicted molar refractivity (Wildman–Crippen MR) is 82.8 cm³/mol. The van der Waals surface area contributed by atoms with Crippen molar-refractivity contribution in [3.05, 3.63) is 15.7 Å². The van der Waals surface area contributed by atoms with Crippen molar-refractivity contribution in [1.29, 1.82) is 0 Å². The molecule has 2 aliphatic rings. The van der Waals surface area contributed by atoms with Crippen molar-refractivity contribution in [1.82, 2.24) is 4.98 Å². The number of nitrogens with zero attached hydrogens (tertiary/aromatic N) is 2. The van der Waals surface area contributed by atoms with Gasteiger partial charge in [-0.3, -0.25) is 0 Å². The average molecular weight is 375 g/mol. The summed E-state index contributed by atoms with van der Waals surface area (Å²) in [4.78, 5) is 7.00. The van der Waals surface area contributed by atoms with Crippen LogP contribution in [-0.2, 0) is 9.47 Å². The molecule has 0 saturated carbocycles. The highest BCUT2D eigenvalue weighted by atomic mass is 127. The van der Waals surface area contributed by atoms with E-state index < -0.39 is 0 Å². The number of morpholine rings is 1. The number of hydrogen-bond donors (Lipinski definition) is 1. The molecule has 0 spiro atoms. The SMILES string of the molecule is Ic1cc(N[C@@H]2CCOC2)nc(N2CCOCC2)c1. The molecule has 0 aromatic carbocycles. The van der Waals surface area contributed by atoms with Crippen molar-refractivity contribution >= 4 is 34.2 Å². The Bertz CT molecular complexity index is 432. The molecule has 0 unspecified atom stereocenters. The van der Waals surface area contributed by atoms with E-state index in [0.717, 1.165) is 57.6 Å². The third-order valence-corrected chi connectivity index (χ3v) is 4.02. The van der Waals surface area contributed by atoms with Crippen LogP contribution in [-0.4, -0.2) is 50.5 Å². The lowest BCUT2D eigenvalue weighted by atomic mass is 10.2. The van der Waals surface area contributed by atoms with Gasteiger partial charge in [0.2, 0.25) is 0 Å². The molecule has 2 fully saturated rings. The minimum atomic E-state index is 0.392. The number of hydrogen-bond acceptors (Lipinski definition) is 5. The second-order valence-corrected chi connectivity index (χ2v) is 6.08. The maximum Gasteiger partial charge on any atom is 0.132 e. The monoisotopic (exact) mass is 375 g/mol. The van der Waals surface area contributed by atoms with E-state index >= 15 is 0 Å². The highest BCUT2D eigenvalue weighted by molar-refractivity contribution is 14.1. The molecule has 2 saturated heterocycles. The zero-order valence-corrected chi connectivity index (χ0v) is 12.9. The largest absolute Gasteiger partial charge is 0.379 e. The number of pyridine rings is 1. The number of anilines is 2. The van der Waals surface area contributed by atoms with E-state index in [1.807, 2.05) is 0 Å². The second-order valence-electron chi connectivity index (χ2n) is 4.83. The van der Waals surface area contributed by atoms with Gasteiger partial charge in [-0.15, -0.1) is 0 Å². The zero-order chi connectivity index (χ0) is 13.1. The van der Waals surface area contributed by atoms with Gasteiger partial charge in [0.05, 0.1) is 25.9 Å². The highest BCUT2D eigenvalue weighted by Crippen LogP contribution is 2.21. The molecule has 3 rings (SSSR count). The predicted octanol–water partition coefficient (Wildman–Crippen LogP) is 1.72. The van der Waals surface area contributed by atoms with Crippen LogP contribution in [0.3, 0.4) is 0 Å². The molecule has 0 radical (unpaired) electrons. The Morgan fingerprint density at radius 1 is 1.21 bits per heavy atom. The number of nitrogens with one attached hydrogen (secondary N) is 1. The number of rotatable bonds is 3. The van der Waals surface area contributed by atoms with Crippen molar-refractivity contribution in [2.45, 2.75) is 12.5 Å². The first-order valence-electron chi connectivity index (χ1n) is 6.66. The fraction of sp³-hybridized carbons (Fsp3) is 0.615. The molecule has 1 atom stereocenters. The van der Waals surface area contributed by atoms with Crippen molar-refractivity contribution < 1.29 is 9.47 Å². The van der Waals surface area contributed by atoms with Crippen LogP contribution in [0.5, 0.6) is 0 Å². The Kier molecular flexibility index (Phi) is 4.39. The summed E-state index contributed by atoms with van der Waals surface area (Å²) >= 11 is 2.34. The number of aromatic nitrogens is 1. The second kappa shape index (κ2) is 6.23. The lowest BCUT2D eigenvalue weighted by Gasteiger charge is -2.28. The summed E-state index contributed by atoms with van der Waals surface area (Å²) < 4.78 is 12.0. The molecule has 104 valence electrons. The molecule has 6 heteroatoms. The van der Waals surface area contributed by atoms with Crippen molar-refractivity contribution in [3.8, 4) is 0 Å². The van der Waals surface area contributed by atoms with Crippen LogP contribution in [0.25, 0.3) is 0 Å². The molecular formula is C13H18IN3O2. The maximum atomic E-state index is 5.39. The van der Waals surface area contributed by atoms with Gasteiger partial charge >= 0.3 is 0 Å². The molecular weight excluding hydrogens is 357 g/mol. The molecule has 2 aliphatic heterocycles. The number of ether oxygens (including phenoxy) is 2. The lowest BCUT2D eigenvalue weighted by Crippen LogP contribution is -2.37. The van der Waals surface area contributed by atoms with Crippen LogP contribution in [0.2, 0.25) is 0 Å². The van der Waals surface area contributed by atoms with Crippen LogP contribution in [0.15, 0.2) is 12.1 Å². The van der Waals surface area contributed by atoms with E-state index in [9.17, 15) is 0 Å². The molecule has 1 aromatic rings. The Labute approximate surface area is 126 Å². The molecule has 0 bridgehead atoms. The maximum absolute atomic E-state index is 5.39. The van der Waals surface area contributed by atoms with Crippen LogP contribution in [0.1, 0.15) is 6.42 Å². The van der Waals surface area contributed by atoms with Crippen LogP contribution in [0, 0.1) is 3.57 Å². The first kappa shape index (κ1) is 13.4. The summed E-state index contributed by atoms with van der Waals surface area (Å²) in [6.45, 7) is 5.02. The van der Waals surface area contributed by atoms with E-state index in [1.165, 1.54) is 3.57 Å². The molecule has 3 heterocycles. The van der Waals surface area contributed by atoms with E-state index in [2.05, 4.69) is 44.9 Å². The highest BCUT2D eigenvalue weighted by Gasteiger charge is 2.18. The fourth-order valence-electron chi connectivity index (χ4n) is 2.37. The topological polar surface area (TPSA) is 46.6 Å². The molecule has 0 amide bonds. The third kappa shape index (κ3) is 3.49. The average Bonchev–Trinajstić information content (AvgIpc) is 2.92. The fourth-order valence-corrected chi connectivity index (χ4v) is 2.94. The smallest absolute Gasteiger partial charge is 0.132 e. The molecule has 19 heavy (non-hydrogen) atoms. The third-order valence-electron chi connectivity index (χ3n) is 3.39. The summed E-state index contributed by atoms with van der Waals surface area (Å²) in [7, 11) is 0. The van der Waals surface area contributed by atoms with Gasteiger partial charge in [0, 0.05) is 23.3 Å². The quantitative estimate of drug-likeness (QED) is 0.816. The van der Waals surface area contributed by atoms with Crippen LogP contribution < -0.4 is 10.2 Å².